The van der Waals surface area contributed by atoms with Crippen molar-refractivity contribution in [3.63, 3.8) is 0 Å². The zero-order chi connectivity index (χ0) is 24.4. The lowest BCUT2D eigenvalue weighted by atomic mass is 10.0. The number of carbonyl (C=O) groups excluding carboxylic acids is 1. The number of hydrogen-bond acceptors (Lipinski definition) is 5. The Balaban J connectivity index is 1.40. The van der Waals surface area contributed by atoms with Crippen molar-refractivity contribution in [3.8, 4) is 22.6 Å². The molecule has 35 heavy (non-hydrogen) atoms. The van der Waals surface area contributed by atoms with E-state index in [0.29, 0.717) is 29.2 Å². The first-order chi connectivity index (χ1) is 17.0. The van der Waals surface area contributed by atoms with Gasteiger partial charge in [0.15, 0.2) is 11.3 Å². The van der Waals surface area contributed by atoms with Crippen LogP contribution in [0.2, 0.25) is 0 Å². The maximum absolute atomic E-state index is 13.4. The summed E-state index contributed by atoms with van der Waals surface area (Å²) in [4.78, 5) is 13.0. The van der Waals surface area contributed by atoms with Crippen molar-refractivity contribution >= 4 is 17.2 Å². The van der Waals surface area contributed by atoms with Gasteiger partial charge in [-0.15, -0.1) is 10.2 Å². The smallest absolute Gasteiger partial charge is 0.278 e. The van der Waals surface area contributed by atoms with E-state index in [2.05, 4.69) is 20.6 Å². The number of nitrogens with zero attached hydrogens (tertiary/aromatic N) is 4. The highest BCUT2D eigenvalue weighted by atomic mass is 19.1. The van der Waals surface area contributed by atoms with Crippen LogP contribution in [0.15, 0.2) is 78.9 Å². The van der Waals surface area contributed by atoms with Gasteiger partial charge in [0.25, 0.3) is 5.91 Å². The summed E-state index contributed by atoms with van der Waals surface area (Å²) in [6.45, 7) is 3.75. The standard InChI is InChI=1S/C27H22FN5O2/c1-3-23-24(18-9-11-19(28)12-10-18)26-31-30-25(17(2)33(26)32-23)27(34)29-20-13-15-22(16-14-20)35-21-7-5-4-6-8-21/h4-16H,3H2,1-2H3,(H,29,34). The number of amides is 1. The highest BCUT2D eigenvalue weighted by Crippen LogP contribution is 2.29. The van der Waals surface area contributed by atoms with Crippen LogP contribution in [0.1, 0.15) is 28.8 Å². The molecule has 0 radical (unpaired) electrons. The number of para-hydroxylation sites is 1. The van der Waals surface area contributed by atoms with Gasteiger partial charge in [-0.2, -0.15) is 5.10 Å². The van der Waals surface area contributed by atoms with E-state index in [0.717, 1.165) is 22.6 Å². The summed E-state index contributed by atoms with van der Waals surface area (Å²) in [6.07, 6.45) is 0.647. The van der Waals surface area contributed by atoms with Gasteiger partial charge in [-0.05, 0) is 67.4 Å². The summed E-state index contributed by atoms with van der Waals surface area (Å²) in [5, 5.41) is 16.0. The van der Waals surface area contributed by atoms with E-state index in [1.165, 1.54) is 12.1 Å². The fraction of sp³-hybridized carbons (Fsp3) is 0.111. The van der Waals surface area contributed by atoms with Crippen LogP contribution < -0.4 is 10.1 Å². The molecule has 5 rings (SSSR count). The molecule has 1 amide bonds. The van der Waals surface area contributed by atoms with E-state index >= 15 is 0 Å². The SMILES string of the molecule is CCc1nn2c(C)c(C(=O)Nc3ccc(Oc4ccccc4)cc3)nnc2c1-c1ccc(F)cc1. The molecule has 0 aliphatic carbocycles. The van der Waals surface area contributed by atoms with Gasteiger partial charge in [0.1, 0.15) is 17.3 Å². The Kier molecular flexibility index (Phi) is 5.93. The Bertz CT molecular complexity index is 1500. The van der Waals surface area contributed by atoms with Crippen LogP contribution in [0.25, 0.3) is 16.8 Å². The van der Waals surface area contributed by atoms with E-state index in [9.17, 15) is 9.18 Å². The molecule has 7 nitrogen and oxygen atoms in total. The minimum absolute atomic E-state index is 0.165. The Labute approximate surface area is 201 Å². The Hall–Kier alpha value is -4.59. The molecule has 0 aliphatic rings. The molecule has 5 aromatic rings. The number of aryl methyl sites for hydroxylation is 2. The number of carbonyl (C=O) groups is 1. The highest BCUT2D eigenvalue weighted by Gasteiger charge is 2.21. The summed E-state index contributed by atoms with van der Waals surface area (Å²) in [6, 6.07) is 22.7. The Morgan fingerprint density at radius 1 is 0.943 bits per heavy atom. The molecule has 0 saturated carbocycles. The predicted octanol–water partition coefficient (Wildman–Crippen LogP) is 5.85. The van der Waals surface area contributed by atoms with Gasteiger partial charge in [-0.1, -0.05) is 37.3 Å². The minimum Gasteiger partial charge on any atom is -0.457 e. The first kappa shape index (κ1) is 22.2. The molecule has 1 N–H and O–H groups in total. The van der Waals surface area contributed by atoms with Gasteiger partial charge >= 0.3 is 0 Å². The van der Waals surface area contributed by atoms with Crippen molar-refractivity contribution in [2.45, 2.75) is 20.3 Å². The molecule has 2 aromatic heterocycles. The molecule has 0 fully saturated rings. The maximum Gasteiger partial charge on any atom is 0.278 e. The molecule has 0 atom stereocenters. The van der Waals surface area contributed by atoms with Crippen molar-refractivity contribution in [2.24, 2.45) is 0 Å². The second-order valence-electron chi connectivity index (χ2n) is 7.95. The van der Waals surface area contributed by atoms with Crippen LogP contribution in [-0.2, 0) is 6.42 Å². The minimum atomic E-state index is -0.398. The lowest BCUT2D eigenvalue weighted by molar-refractivity contribution is 0.102. The van der Waals surface area contributed by atoms with Crippen LogP contribution in [0.4, 0.5) is 10.1 Å². The molecule has 0 spiro atoms. The largest absolute Gasteiger partial charge is 0.457 e. The average molecular weight is 468 g/mol. The van der Waals surface area contributed by atoms with Crippen molar-refractivity contribution < 1.29 is 13.9 Å². The molecular formula is C27H22FN5O2. The molecule has 0 unspecified atom stereocenters. The van der Waals surface area contributed by atoms with Gasteiger partial charge in [0.05, 0.1) is 17.0 Å². The highest BCUT2D eigenvalue weighted by molar-refractivity contribution is 6.03. The lowest BCUT2D eigenvalue weighted by Gasteiger charge is -2.09. The average Bonchev–Trinajstić information content (AvgIpc) is 3.26. The van der Waals surface area contributed by atoms with Crippen molar-refractivity contribution in [3.05, 3.63) is 102 Å². The van der Waals surface area contributed by atoms with E-state index in [1.807, 2.05) is 37.3 Å². The summed E-state index contributed by atoms with van der Waals surface area (Å²) >= 11 is 0. The third kappa shape index (κ3) is 4.46. The fourth-order valence-electron chi connectivity index (χ4n) is 3.84. The van der Waals surface area contributed by atoms with Crippen LogP contribution >= 0.6 is 0 Å². The maximum atomic E-state index is 13.4. The van der Waals surface area contributed by atoms with Crippen LogP contribution in [0.3, 0.4) is 0 Å². The van der Waals surface area contributed by atoms with E-state index in [4.69, 9.17) is 4.74 Å². The first-order valence-corrected chi connectivity index (χ1v) is 11.2. The number of nitrogens with one attached hydrogen (secondary N) is 1. The Morgan fingerprint density at radius 3 is 2.31 bits per heavy atom. The van der Waals surface area contributed by atoms with Gasteiger partial charge in [0.2, 0.25) is 0 Å². The van der Waals surface area contributed by atoms with Gasteiger partial charge in [0, 0.05) is 5.69 Å². The number of aromatic nitrogens is 4. The number of halogens is 1. The van der Waals surface area contributed by atoms with Gasteiger partial charge < -0.3 is 10.1 Å². The summed E-state index contributed by atoms with van der Waals surface area (Å²) in [5.74, 6) is 0.673. The predicted molar refractivity (Wildman–Crippen MR) is 131 cm³/mol. The van der Waals surface area contributed by atoms with Crippen LogP contribution in [-0.4, -0.2) is 25.7 Å². The van der Waals surface area contributed by atoms with E-state index in [-0.39, 0.29) is 11.5 Å². The third-order valence-electron chi connectivity index (χ3n) is 5.61. The fourth-order valence-corrected chi connectivity index (χ4v) is 3.84. The van der Waals surface area contributed by atoms with Crippen molar-refractivity contribution in [2.75, 3.05) is 5.32 Å². The number of anilines is 1. The number of hydrogen-bond donors (Lipinski definition) is 1. The quantitative estimate of drug-likeness (QED) is 0.339. The van der Waals surface area contributed by atoms with E-state index < -0.39 is 5.91 Å². The van der Waals surface area contributed by atoms with Gasteiger partial charge in [-0.3, -0.25) is 4.79 Å². The molecular weight excluding hydrogens is 445 g/mol. The van der Waals surface area contributed by atoms with E-state index in [1.54, 1.807) is 47.8 Å². The number of fused-ring (bicyclic) bond motifs is 1. The number of benzene rings is 3. The van der Waals surface area contributed by atoms with Crippen molar-refractivity contribution in [1.29, 1.82) is 0 Å². The molecule has 0 aliphatic heterocycles. The monoisotopic (exact) mass is 467 g/mol. The molecule has 3 aromatic carbocycles. The number of ether oxygens (including phenoxy) is 1. The zero-order valence-corrected chi connectivity index (χ0v) is 19.2. The summed E-state index contributed by atoms with van der Waals surface area (Å²) in [5.41, 5.74) is 4.20. The third-order valence-corrected chi connectivity index (χ3v) is 5.61. The van der Waals surface area contributed by atoms with Gasteiger partial charge in [-0.25, -0.2) is 8.91 Å². The van der Waals surface area contributed by atoms with Crippen LogP contribution in [0, 0.1) is 12.7 Å². The normalized spacial score (nSPS) is 10.9. The first-order valence-electron chi connectivity index (χ1n) is 11.2. The molecule has 0 saturated heterocycles. The molecule has 0 bridgehead atoms. The molecule has 8 heteroatoms. The summed E-state index contributed by atoms with van der Waals surface area (Å²) in [7, 11) is 0. The lowest BCUT2D eigenvalue weighted by Crippen LogP contribution is -2.18. The summed E-state index contributed by atoms with van der Waals surface area (Å²) < 4.78 is 20.8. The Morgan fingerprint density at radius 2 is 1.63 bits per heavy atom. The van der Waals surface area contributed by atoms with Crippen LogP contribution in [0.5, 0.6) is 11.5 Å². The molecule has 174 valence electrons. The zero-order valence-electron chi connectivity index (χ0n) is 19.2. The number of rotatable bonds is 6. The second kappa shape index (κ2) is 9.34. The second-order valence-corrected chi connectivity index (χ2v) is 7.95. The van der Waals surface area contributed by atoms with Crippen molar-refractivity contribution in [1.82, 2.24) is 19.8 Å². The topological polar surface area (TPSA) is 81.4 Å². The molecule has 2 heterocycles.